The molecule has 0 saturated heterocycles. The van der Waals surface area contributed by atoms with Gasteiger partial charge in [-0.25, -0.2) is 9.97 Å². The molecule has 1 aliphatic carbocycles. The molecule has 0 spiro atoms. The van der Waals surface area contributed by atoms with Crippen LogP contribution in [-0.2, 0) is 12.8 Å². The Hall–Kier alpha value is -1.90. The fourth-order valence-electron chi connectivity index (χ4n) is 3.24. The van der Waals surface area contributed by atoms with Crippen molar-refractivity contribution >= 4 is 0 Å². The van der Waals surface area contributed by atoms with Crippen molar-refractivity contribution in [3.8, 4) is 17.1 Å². The highest BCUT2D eigenvalue weighted by Gasteiger charge is 2.20. The van der Waals surface area contributed by atoms with Crippen molar-refractivity contribution in [2.45, 2.75) is 46.0 Å². The van der Waals surface area contributed by atoms with E-state index in [-0.39, 0.29) is 0 Å². The molecule has 0 N–H and O–H groups in total. The number of rotatable bonds is 5. The average molecular weight is 296 g/mol. The topological polar surface area (TPSA) is 35.0 Å². The molecule has 1 aromatic heterocycles. The summed E-state index contributed by atoms with van der Waals surface area (Å²) in [7, 11) is 0. The van der Waals surface area contributed by atoms with Gasteiger partial charge in [-0.2, -0.15) is 0 Å². The molecule has 1 unspecified atom stereocenters. The molecule has 1 aromatic carbocycles. The van der Waals surface area contributed by atoms with Gasteiger partial charge in [0.05, 0.1) is 6.61 Å². The zero-order chi connectivity index (χ0) is 15.4. The summed E-state index contributed by atoms with van der Waals surface area (Å²) in [4.78, 5) is 9.38. The van der Waals surface area contributed by atoms with Crippen LogP contribution >= 0.6 is 0 Å². The van der Waals surface area contributed by atoms with Gasteiger partial charge in [-0.3, -0.25) is 0 Å². The zero-order valence-electron chi connectivity index (χ0n) is 13.5. The standard InChI is InChI=1S/C19H24N2O/c1-3-5-14-6-11-18-16(12-14)13-20-19(21-18)15-7-9-17(10-8-15)22-4-2/h7-10,13-14H,3-6,11-12H2,1-2H3. The lowest BCUT2D eigenvalue weighted by Crippen LogP contribution is -2.16. The van der Waals surface area contributed by atoms with E-state index in [1.54, 1.807) is 0 Å². The maximum absolute atomic E-state index is 5.48. The number of ether oxygens (including phenoxy) is 1. The molecule has 3 nitrogen and oxygen atoms in total. The van der Waals surface area contributed by atoms with E-state index in [1.807, 2.05) is 37.4 Å². The molecule has 1 heterocycles. The van der Waals surface area contributed by atoms with E-state index >= 15 is 0 Å². The van der Waals surface area contributed by atoms with Crippen LogP contribution in [0.25, 0.3) is 11.4 Å². The predicted molar refractivity (Wildman–Crippen MR) is 89.1 cm³/mol. The van der Waals surface area contributed by atoms with E-state index in [9.17, 15) is 0 Å². The average Bonchev–Trinajstić information content (AvgIpc) is 2.56. The Morgan fingerprint density at radius 1 is 1.18 bits per heavy atom. The molecule has 0 amide bonds. The van der Waals surface area contributed by atoms with Crippen molar-refractivity contribution < 1.29 is 4.74 Å². The van der Waals surface area contributed by atoms with Gasteiger partial charge in [-0.1, -0.05) is 19.8 Å². The number of hydrogen-bond acceptors (Lipinski definition) is 3. The van der Waals surface area contributed by atoms with Crippen LogP contribution in [0, 0.1) is 5.92 Å². The summed E-state index contributed by atoms with van der Waals surface area (Å²) < 4.78 is 5.48. The van der Waals surface area contributed by atoms with E-state index in [0.717, 1.165) is 35.9 Å². The molecule has 2 aromatic rings. The number of aryl methyl sites for hydroxylation is 1. The Kier molecular flexibility index (Phi) is 4.71. The fraction of sp³-hybridized carbons (Fsp3) is 0.474. The van der Waals surface area contributed by atoms with Crippen LogP contribution < -0.4 is 4.74 Å². The largest absolute Gasteiger partial charge is 0.494 e. The molecule has 22 heavy (non-hydrogen) atoms. The minimum absolute atomic E-state index is 0.688. The number of hydrogen-bond donors (Lipinski definition) is 0. The fourth-order valence-corrected chi connectivity index (χ4v) is 3.24. The van der Waals surface area contributed by atoms with E-state index in [1.165, 1.54) is 30.5 Å². The number of benzene rings is 1. The number of aromatic nitrogens is 2. The number of nitrogens with zero attached hydrogens (tertiary/aromatic N) is 2. The molecule has 0 saturated carbocycles. The van der Waals surface area contributed by atoms with E-state index in [2.05, 4.69) is 11.9 Å². The van der Waals surface area contributed by atoms with Crippen LogP contribution in [0.3, 0.4) is 0 Å². The molecular weight excluding hydrogens is 272 g/mol. The molecule has 1 aliphatic rings. The van der Waals surface area contributed by atoms with Gasteiger partial charge in [0.15, 0.2) is 5.82 Å². The van der Waals surface area contributed by atoms with Crippen molar-refractivity contribution in [2.75, 3.05) is 6.61 Å². The SMILES string of the molecule is CCCC1CCc2nc(-c3ccc(OCC)cc3)ncc2C1. The normalized spacial score (nSPS) is 17.1. The minimum atomic E-state index is 0.688. The van der Waals surface area contributed by atoms with Gasteiger partial charge in [0, 0.05) is 17.5 Å². The Balaban J connectivity index is 1.79. The monoisotopic (exact) mass is 296 g/mol. The lowest BCUT2D eigenvalue weighted by atomic mass is 9.84. The van der Waals surface area contributed by atoms with Crippen molar-refractivity contribution in [3.63, 3.8) is 0 Å². The van der Waals surface area contributed by atoms with Gasteiger partial charge in [0.25, 0.3) is 0 Å². The second-order valence-electron chi connectivity index (χ2n) is 6.02. The van der Waals surface area contributed by atoms with Gasteiger partial charge >= 0.3 is 0 Å². The predicted octanol–water partition coefficient (Wildman–Crippen LogP) is 4.45. The molecule has 116 valence electrons. The molecule has 0 radical (unpaired) electrons. The van der Waals surface area contributed by atoms with Gasteiger partial charge in [0.1, 0.15) is 5.75 Å². The Labute approximate surface area is 132 Å². The van der Waals surface area contributed by atoms with Crippen LogP contribution in [0.4, 0.5) is 0 Å². The third-order valence-corrected chi connectivity index (χ3v) is 4.37. The van der Waals surface area contributed by atoms with Gasteiger partial charge in [-0.15, -0.1) is 0 Å². The van der Waals surface area contributed by atoms with Crippen LogP contribution in [0.15, 0.2) is 30.5 Å². The summed E-state index contributed by atoms with van der Waals surface area (Å²) in [5.41, 5.74) is 3.65. The first-order chi connectivity index (χ1) is 10.8. The van der Waals surface area contributed by atoms with Crippen molar-refractivity contribution in [1.29, 1.82) is 0 Å². The Morgan fingerprint density at radius 2 is 2.00 bits per heavy atom. The first-order valence-electron chi connectivity index (χ1n) is 8.38. The summed E-state index contributed by atoms with van der Waals surface area (Å²) in [6.07, 6.45) is 8.13. The highest BCUT2D eigenvalue weighted by Crippen LogP contribution is 2.28. The van der Waals surface area contributed by atoms with Gasteiger partial charge < -0.3 is 4.74 Å². The molecule has 3 heteroatoms. The lowest BCUT2D eigenvalue weighted by molar-refractivity contribution is 0.340. The first kappa shape index (κ1) is 15.0. The van der Waals surface area contributed by atoms with Crippen LogP contribution in [0.5, 0.6) is 5.75 Å². The molecule has 0 aliphatic heterocycles. The second-order valence-corrected chi connectivity index (χ2v) is 6.02. The molecule has 0 fully saturated rings. The van der Waals surface area contributed by atoms with Gasteiger partial charge in [-0.05, 0) is 61.9 Å². The summed E-state index contributed by atoms with van der Waals surface area (Å²) in [6.45, 7) is 4.95. The van der Waals surface area contributed by atoms with Crippen molar-refractivity contribution in [2.24, 2.45) is 5.92 Å². The summed E-state index contributed by atoms with van der Waals surface area (Å²) >= 11 is 0. The second kappa shape index (κ2) is 6.91. The molecule has 3 rings (SSSR count). The summed E-state index contributed by atoms with van der Waals surface area (Å²) in [5, 5.41) is 0. The molecule has 0 bridgehead atoms. The Morgan fingerprint density at radius 3 is 2.73 bits per heavy atom. The van der Waals surface area contributed by atoms with E-state index < -0.39 is 0 Å². The van der Waals surface area contributed by atoms with Crippen LogP contribution in [0.2, 0.25) is 0 Å². The highest BCUT2D eigenvalue weighted by atomic mass is 16.5. The molecule has 1 atom stereocenters. The third kappa shape index (κ3) is 3.29. The van der Waals surface area contributed by atoms with Crippen LogP contribution in [-0.4, -0.2) is 16.6 Å². The Bertz CT molecular complexity index is 622. The van der Waals surface area contributed by atoms with Crippen LogP contribution in [0.1, 0.15) is 44.4 Å². The summed E-state index contributed by atoms with van der Waals surface area (Å²) in [6, 6.07) is 8.04. The van der Waals surface area contributed by atoms with E-state index in [0.29, 0.717) is 6.61 Å². The number of fused-ring (bicyclic) bond motifs is 1. The smallest absolute Gasteiger partial charge is 0.159 e. The highest BCUT2D eigenvalue weighted by molar-refractivity contribution is 5.56. The zero-order valence-corrected chi connectivity index (χ0v) is 13.5. The third-order valence-electron chi connectivity index (χ3n) is 4.37. The van der Waals surface area contributed by atoms with Gasteiger partial charge in [0.2, 0.25) is 0 Å². The lowest BCUT2D eigenvalue weighted by Gasteiger charge is -2.23. The molecular formula is C19H24N2O. The van der Waals surface area contributed by atoms with Crippen molar-refractivity contribution in [1.82, 2.24) is 9.97 Å². The maximum atomic E-state index is 5.48. The van der Waals surface area contributed by atoms with E-state index in [4.69, 9.17) is 9.72 Å². The van der Waals surface area contributed by atoms with Crippen molar-refractivity contribution in [3.05, 3.63) is 41.7 Å². The summed E-state index contributed by atoms with van der Waals surface area (Å²) in [5.74, 6) is 2.54. The quantitative estimate of drug-likeness (QED) is 0.817. The first-order valence-corrected chi connectivity index (χ1v) is 8.38. The maximum Gasteiger partial charge on any atom is 0.159 e. The minimum Gasteiger partial charge on any atom is -0.494 e.